The summed E-state index contributed by atoms with van der Waals surface area (Å²) in [5.41, 5.74) is 1.60. The van der Waals surface area contributed by atoms with Crippen molar-refractivity contribution in [2.24, 2.45) is 0 Å². The maximum absolute atomic E-state index is 12.7. The largest absolute Gasteiger partial charge is 0.493 e. The maximum atomic E-state index is 12.7. The number of benzene rings is 1. The highest BCUT2D eigenvalue weighted by molar-refractivity contribution is 5.85. The summed E-state index contributed by atoms with van der Waals surface area (Å²) in [7, 11) is 4.64. The molecule has 0 radical (unpaired) electrons. The molecule has 34 heavy (non-hydrogen) atoms. The zero-order valence-corrected chi connectivity index (χ0v) is 19.9. The third-order valence-electron chi connectivity index (χ3n) is 5.58. The van der Waals surface area contributed by atoms with Crippen LogP contribution in [-0.2, 0) is 14.3 Å². The zero-order valence-electron chi connectivity index (χ0n) is 19.9. The number of methoxy groups -OCH3 is 3. The minimum atomic E-state index is -0.237. The Hall–Kier alpha value is -3.66. The van der Waals surface area contributed by atoms with Gasteiger partial charge in [0.2, 0.25) is 11.8 Å². The number of hydrogen-bond acceptors (Lipinski definition) is 8. The van der Waals surface area contributed by atoms with Crippen LogP contribution in [0.5, 0.6) is 11.5 Å². The normalized spacial score (nSPS) is 13.4. The van der Waals surface area contributed by atoms with E-state index < -0.39 is 0 Å². The minimum absolute atomic E-state index is 0.00798. The fourth-order valence-corrected chi connectivity index (χ4v) is 3.72. The van der Waals surface area contributed by atoms with E-state index >= 15 is 0 Å². The summed E-state index contributed by atoms with van der Waals surface area (Å²) in [6, 6.07) is 9.43. The van der Waals surface area contributed by atoms with Gasteiger partial charge in [0.05, 0.1) is 19.9 Å². The SMILES string of the molecule is C=CCN(CC(=O)N1CCN(c2ccc(-c3ccc(OC)c(OC)c3)nn2)CC1)C(=O)COC. The highest BCUT2D eigenvalue weighted by atomic mass is 16.5. The molecule has 2 heterocycles. The number of anilines is 1. The van der Waals surface area contributed by atoms with Crippen molar-refractivity contribution in [3.8, 4) is 22.8 Å². The Balaban J connectivity index is 1.58. The Morgan fingerprint density at radius 2 is 1.76 bits per heavy atom. The Bertz CT molecular complexity index is 990. The second-order valence-electron chi connectivity index (χ2n) is 7.71. The van der Waals surface area contributed by atoms with Crippen molar-refractivity contribution in [2.45, 2.75) is 0 Å². The number of rotatable bonds is 10. The Labute approximate surface area is 199 Å². The molecule has 3 rings (SSSR count). The molecule has 0 aliphatic carbocycles. The molecule has 182 valence electrons. The Kier molecular flexibility index (Phi) is 8.80. The molecule has 1 aromatic heterocycles. The van der Waals surface area contributed by atoms with Gasteiger partial charge in [-0.1, -0.05) is 6.08 Å². The molecule has 10 heteroatoms. The predicted molar refractivity (Wildman–Crippen MR) is 128 cm³/mol. The quantitative estimate of drug-likeness (QED) is 0.483. The highest BCUT2D eigenvalue weighted by Gasteiger charge is 2.25. The van der Waals surface area contributed by atoms with Gasteiger partial charge in [-0.05, 0) is 30.3 Å². The molecule has 0 saturated carbocycles. The lowest BCUT2D eigenvalue weighted by molar-refractivity contribution is -0.142. The third kappa shape index (κ3) is 6.02. The van der Waals surface area contributed by atoms with Crippen molar-refractivity contribution in [3.05, 3.63) is 43.0 Å². The number of hydrogen-bond donors (Lipinski definition) is 0. The molecule has 0 N–H and O–H groups in total. The molecule has 0 bridgehead atoms. The van der Waals surface area contributed by atoms with Gasteiger partial charge in [0.25, 0.3) is 0 Å². The van der Waals surface area contributed by atoms with E-state index in [1.807, 2.05) is 30.3 Å². The van der Waals surface area contributed by atoms with E-state index in [1.54, 1.807) is 25.2 Å². The number of ether oxygens (including phenoxy) is 3. The smallest absolute Gasteiger partial charge is 0.249 e. The van der Waals surface area contributed by atoms with E-state index in [0.717, 1.165) is 17.1 Å². The maximum Gasteiger partial charge on any atom is 0.249 e. The number of carbonyl (C=O) groups excluding carboxylic acids is 2. The fraction of sp³-hybridized carbons (Fsp3) is 0.417. The molecule has 2 amide bonds. The van der Waals surface area contributed by atoms with Crippen molar-refractivity contribution in [1.82, 2.24) is 20.0 Å². The lowest BCUT2D eigenvalue weighted by Gasteiger charge is -2.36. The first-order valence-corrected chi connectivity index (χ1v) is 11.0. The summed E-state index contributed by atoms with van der Waals surface area (Å²) in [5.74, 6) is 1.70. The predicted octanol–water partition coefficient (Wildman–Crippen LogP) is 1.47. The molecule has 10 nitrogen and oxygen atoms in total. The van der Waals surface area contributed by atoms with E-state index in [9.17, 15) is 9.59 Å². The summed E-state index contributed by atoms with van der Waals surface area (Å²) in [6.07, 6.45) is 1.60. The van der Waals surface area contributed by atoms with Crippen LogP contribution in [-0.4, -0.2) is 99.0 Å². The van der Waals surface area contributed by atoms with Gasteiger partial charge in [0, 0.05) is 45.4 Å². The molecule has 0 atom stereocenters. The van der Waals surface area contributed by atoms with Gasteiger partial charge in [0.1, 0.15) is 13.2 Å². The van der Waals surface area contributed by atoms with Gasteiger partial charge in [-0.25, -0.2) is 0 Å². The van der Waals surface area contributed by atoms with Crippen LogP contribution in [0.4, 0.5) is 5.82 Å². The van der Waals surface area contributed by atoms with E-state index in [-0.39, 0.29) is 25.0 Å². The van der Waals surface area contributed by atoms with E-state index in [2.05, 4.69) is 21.7 Å². The zero-order chi connectivity index (χ0) is 24.5. The molecule has 2 aromatic rings. The van der Waals surface area contributed by atoms with E-state index in [0.29, 0.717) is 44.2 Å². The number of carbonyl (C=O) groups is 2. The van der Waals surface area contributed by atoms with Crippen molar-refractivity contribution < 1.29 is 23.8 Å². The molecule has 0 spiro atoms. The molecule has 1 aromatic carbocycles. The lowest BCUT2D eigenvalue weighted by atomic mass is 10.1. The van der Waals surface area contributed by atoms with Crippen LogP contribution in [0.1, 0.15) is 0 Å². The highest BCUT2D eigenvalue weighted by Crippen LogP contribution is 2.31. The average Bonchev–Trinajstić information content (AvgIpc) is 2.88. The molecule has 1 fully saturated rings. The third-order valence-corrected chi connectivity index (χ3v) is 5.58. The van der Waals surface area contributed by atoms with Crippen LogP contribution in [0.2, 0.25) is 0 Å². The Morgan fingerprint density at radius 3 is 2.35 bits per heavy atom. The molecular weight excluding hydrogens is 438 g/mol. The van der Waals surface area contributed by atoms with Gasteiger partial charge in [-0.15, -0.1) is 16.8 Å². The average molecular weight is 470 g/mol. The van der Waals surface area contributed by atoms with Crippen LogP contribution < -0.4 is 14.4 Å². The summed E-state index contributed by atoms with van der Waals surface area (Å²) in [5, 5.41) is 8.76. The van der Waals surface area contributed by atoms with Gasteiger partial charge in [-0.3, -0.25) is 9.59 Å². The molecule has 1 aliphatic rings. The van der Waals surface area contributed by atoms with Crippen molar-refractivity contribution in [3.63, 3.8) is 0 Å². The number of piperazine rings is 1. The van der Waals surface area contributed by atoms with Crippen LogP contribution >= 0.6 is 0 Å². The molecule has 1 saturated heterocycles. The van der Waals surface area contributed by atoms with Crippen molar-refractivity contribution in [2.75, 3.05) is 72.1 Å². The van der Waals surface area contributed by atoms with Gasteiger partial charge < -0.3 is 28.9 Å². The summed E-state index contributed by atoms with van der Waals surface area (Å²) in [6.45, 7) is 6.24. The summed E-state index contributed by atoms with van der Waals surface area (Å²) in [4.78, 5) is 30.2. The number of nitrogens with zero attached hydrogens (tertiary/aromatic N) is 5. The standard InChI is InChI=1S/C24H31N5O5/c1-5-10-29(24(31)17-32-2)16-23(30)28-13-11-27(12-14-28)22-9-7-19(25-26-22)18-6-8-20(33-3)21(15-18)34-4/h5-9,15H,1,10-14,16-17H2,2-4H3. The second-order valence-corrected chi connectivity index (χ2v) is 7.71. The number of aromatic nitrogens is 2. The molecular formula is C24H31N5O5. The van der Waals surface area contributed by atoms with Gasteiger partial charge in [0.15, 0.2) is 17.3 Å². The van der Waals surface area contributed by atoms with E-state index in [1.165, 1.54) is 12.0 Å². The van der Waals surface area contributed by atoms with Crippen LogP contribution in [0.25, 0.3) is 11.3 Å². The van der Waals surface area contributed by atoms with Gasteiger partial charge >= 0.3 is 0 Å². The molecule has 0 unspecified atom stereocenters. The van der Waals surface area contributed by atoms with Crippen molar-refractivity contribution in [1.29, 1.82) is 0 Å². The van der Waals surface area contributed by atoms with Crippen LogP contribution in [0, 0.1) is 0 Å². The Morgan fingerprint density at radius 1 is 1.03 bits per heavy atom. The first kappa shape index (κ1) is 25.0. The second kappa shape index (κ2) is 12.0. The van der Waals surface area contributed by atoms with Crippen LogP contribution in [0.15, 0.2) is 43.0 Å². The first-order chi connectivity index (χ1) is 16.5. The minimum Gasteiger partial charge on any atom is -0.493 e. The van der Waals surface area contributed by atoms with Gasteiger partial charge in [-0.2, -0.15) is 0 Å². The molecule has 1 aliphatic heterocycles. The monoisotopic (exact) mass is 469 g/mol. The fourth-order valence-electron chi connectivity index (χ4n) is 3.72. The van der Waals surface area contributed by atoms with Crippen LogP contribution in [0.3, 0.4) is 0 Å². The van der Waals surface area contributed by atoms with Crippen molar-refractivity contribution >= 4 is 17.6 Å². The summed E-state index contributed by atoms with van der Waals surface area (Å²) >= 11 is 0. The lowest BCUT2D eigenvalue weighted by Crippen LogP contribution is -2.52. The number of amides is 2. The van der Waals surface area contributed by atoms with E-state index in [4.69, 9.17) is 14.2 Å². The topological polar surface area (TPSA) is 97.3 Å². The first-order valence-electron chi connectivity index (χ1n) is 11.0. The summed E-state index contributed by atoms with van der Waals surface area (Å²) < 4.78 is 15.5.